The summed E-state index contributed by atoms with van der Waals surface area (Å²) in [6.07, 6.45) is 1.01. The van der Waals surface area contributed by atoms with Crippen molar-refractivity contribution >= 4 is 27.3 Å². The number of nitriles is 1. The van der Waals surface area contributed by atoms with Gasteiger partial charge in [-0.3, -0.25) is 4.79 Å². The number of hydrogen-bond donors (Lipinski definition) is 1. The molecule has 0 atom stereocenters. The molecule has 0 radical (unpaired) electrons. The van der Waals surface area contributed by atoms with Crippen LogP contribution in [0.5, 0.6) is 0 Å². The van der Waals surface area contributed by atoms with Gasteiger partial charge in [0.15, 0.2) is 0 Å². The van der Waals surface area contributed by atoms with Crippen LogP contribution in [0, 0.1) is 24.2 Å². The van der Waals surface area contributed by atoms with Crippen LogP contribution in [0.4, 0.5) is 0 Å². The minimum atomic E-state index is -3.59. The summed E-state index contributed by atoms with van der Waals surface area (Å²) in [5.74, 6) is -0.185. The average molecular weight is 404 g/mol. The molecule has 142 valence electrons. The Morgan fingerprint density at radius 1 is 1.22 bits per heavy atom. The maximum absolute atomic E-state index is 12.7. The summed E-state index contributed by atoms with van der Waals surface area (Å²) in [5.41, 5.74) is 0.422. The number of carbonyl (C=O) groups excluding carboxylic acids is 1. The van der Waals surface area contributed by atoms with Crippen LogP contribution in [0.3, 0.4) is 0 Å². The van der Waals surface area contributed by atoms with E-state index in [-0.39, 0.29) is 16.7 Å². The predicted octanol–water partition coefficient (Wildman–Crippen LogP) is 2.65. The zero-order valence-electron chi connectivity index (χ0n) is 15.0. The van der Waals surface area contributed by atoms with E-state index in [1.807, 2.05) is 25.1 Å². The number of piperidine rings is 1. The van der Waals surface area contributed by atoms with Gasteiger partial charge in [-0.2, -0.15) is 9.57 Å². The Bertz CT molecular complexity index is 951. The molecule has 0 unspecified atom stereocenters. The second kappa shape index (κ2) is 8.21. The summed E-state index contributed by atoms with van der Waals surface area (Å²) in [5, 5.41) is 11.8. The van der Waals surface area contributed by atoms with Crippen LogP contribution in [0.15, 0.2) is 41.3 Å². The molecule has 1 amide bonds. The van der Waals surface area contributed by atoms with E-state index in [2.05, 4.69) is 5.32 Å². The number of nitrogens with one attached hydrogen (secondary N) is 1. The van der Waals surface area contributed by atoms with Crippen LogP contribution >= 0.6 is 11.3 Å². The van der Waals surface area contributed by atoms with E-state index in [9.17, 15) is 13.2 Å². The van der Waals surface area contributed by atoms with Crippen molar-refractivity contribution in [2.75, 3.05) is 13.1 Å². The Kier molecular flexibility index (Phi) is 5.95. The fourth-order valence-electron chi connectivity index (χ4n) is 3.11. The number of benzene rings is 1. The van der Waals surface area contributed by atoms with Gasteiger partial charge in [0.1, 0.15) is 0 Å². The van der Waals surface area contributed by atoms with Gasteiger partial charge in [0, 0.05) is 28.8 Å². The molecule has 1 N–H and O–H groups in total. The summed E-state index contributed by atoms with van der Waals surface area (Å²) >= 11 is 1.66. The molecule has 0 spiro atoms. The van der Waals surface area contributed by atoms with E-state index in [1.165, 1.54) is 33.4 Å². The summed E-state index contributed by atoms with van der Waals surface area (Å²) in [7, 11) is -3.59. The maximum Gasteiger partial charge on any atom is 0.243 e. The Morgan fingerprint density at radius 3 is 2.44 bits per heavy atom. The van der Waals surface area contributed by atoms with Gasteiger partial charge in [0.2, 0.25) is 15.9 Å². The van der Waals surface area contributed by atoms with Gasteiger partial charge in [-0.15, -0.1) is 11.3 Å². The number of thiophene rings is 1. The van der Waals surface area contributed by atoms with Crippen LogP contribution < -0.4 is 5.32 Å². The van der Waals surface area contributed by atoms with Crippen LogP contribution in [0.1, 0.15) is 28.2 Å². The third-order valence-corrected chi connectivity index (χ3v) is 7.59. The molecule has 6 nitrogen and oxygen atoms in total. The van der Waals surface area contributed by atoms with Crippen LogP contribution in [-0.2, 0) is 21.4 Å². The van der Waals surface area contributed by atoms with E-state index in [0.29, 0.717) is 38.0 Å². The van der Waals surface area contributed by atoms with Crippen LogP contribution in [0.2, 0.25) is 0 Å². The number of aryl methyl sites for hydroxylation is 1. The van der Waals surface area contributed by atoms with E-state index in [0.717, 1.165) is 4.88 Å². The van der Waals surface area contributed by atoms with Crippen LogP contribution in [-0.4, -0.2) is 31.7 Å². The smallest absolute Gasteiger partial charge is 0.243 e. The lowest BCUT2D eigenvalue weighted by atomic mass is 9.97. The predicted molar refractivity (Wildman–Crippen MR) is 104 cm³/mol. The lowest BCUT2D eigenvalue weighted by molar-refractivity contribution is -0.126. The molecule has 1 saturated heterocycles. The molecule has 1 aliphatic heterocycles. The Balaban J connectivity index is 1.55. The van der Waals surface area contributed by atoms with Gasteiger partial charge < -0.3 is 5.32 Å². The van der Waals surface area contributed by atoms with Gasteiger partial charge in [0.25, 0.3) is 0 Å². The molecule has 0 saturated carbocycles. The third kappa shape index (κ3) is 4.56. The van der Waals surface area contributed by atoms with Gasteiger partial charge in [0.05, 0.1) is 23.1 Å². The molecule has 1 aromatic heterocycles. The van der Waals surface area contributed by atoms with Crippen molar-refractivity contribution in [2.45, 2.75) is 31.2 Å². The van der Waals surface area contributed by atoms with Gasteiger partial charge >= 0.3 is 0 Å². The van der Waals surface area contributed by atoms with Gasteiger partial charge in [-0.25, -0.2) is 8.42 Å². The van der Waals surface area contributed by atoms with E-state index in [1.54, 1.807) is 11.3 Å². The molecule has 1 aliphatic rings. The second-order valence-corrected chi connectivity index (χ2v) is 9.86. The molecule has 1 aromatic carbocycles. The highest BCUT2D eigenvalue weighted by Crippen LogP contribution is 2.24. The number of hydrogen-bond acceptors (Lipinski definition) is 5. The third-order valence-electron chi connectivity index (χ3n) is 4.68. The highest BCUT2D eigenvalue weighted by atomic mass is 32.2. The Labute approximate surface area is 163 Å². The number of rotatable bonds is 5. The molecule has 1 fully saturated rings. The molecule has 3 rings (SSSR count). The molecular formula is C19H21N3O3S2. The first-order valence-electron chi connectivity index (χ1n) is 8.73. The van der Waals surface area contributed by atoms with Gasteiger partial charge in [-0.05, 0) is 56.2 Å². The largest absolute Gasteiger partial charge is 0.351 e. The molecule has 2 heterocycles. The fraction of sp³-hybridized carbons (Fsp3) is 0.368. The van der Waals surface area contributed by atoms with Crippen LogP contribution in [0.25, 0.3) is 0 Å². The standard InChI is InChI=1S/C19H21N3O3S2/c1-14-2-5-17(26-14)13-21-19(23)16-8-10-22(11-9-16)27(24,25)18-6-3-15(12-20)4-7-18/h2-7,16H,8-11,13H2,1H3,(H,21,23). The summed E-state index contributed by atoms with van der Waals surface area (Å²) in [6, 6.07) is 11.9. The summed E-state index contributed by atoms with van der Waals surface area (Å²) in [6.45, 7) is 3.18. The topological polar surface area (TPSA) is 90.3 Å². The minimum absolute atomic E-state index is 0.0172. The lowest BCUT2D eigenvalue weighted by Crippen LogP contribution is -2.42. The monoisotopic (exact) mass is 403 g/mol. The molecule has 8 heteroatoms. The van der Waals surface area contributed by atoms with Crippen molar-refractivity contribution in [3.05, 3.63) is 51.7 Å². The number of nitrogens with zero attached hydrogens (tertiary/aromatic N) is 2. The van der Waals surface area contributed by atoms with Crippen molar-refractivity contribution in [3.63, 3.8) is 0 Å². The van der Waals surface area contributed by atoms with E-state index in [4.69, 9.17) is 5.26 Å². The SMILES string of the molecule is Cc1ccc(CNC(=O)C2CCN(S(=O)(=O)c3ccc(C#N)cc3)CC2)s1. The normalized spacial score (nSPS) is 16.0. The molecule has 27 heavy (non-hydrogen) atoms. The zero-order valence-corrected chi connectivity index (χ0v) is 16.6. The van der Waals surface area contributed by atoms with Crippen molar-refractivity contribution in [3.8, 4) is 6.07 Å². The van der Waals surface area contributed by atoms with Crippen molar-refractivity contribution < 1.29 is 13.2 Å². The first kappa shape index (κ1) is 19.5. The summed E-state index contributed by atoms with van der Waals surface area (Å²) < 4.78 is 26.9. The maximum atomic E-state index is 12.7. The van der Waals surface area contributed by atoms with Gasteiger partial charge in [-0.1, -0.05) is 0 Å². The molecule has 0 bridgehead atoms. The zero-order chi connectivity index (χ0) is 19.4. The number of sulfonamides is 1. The molecular weight excluding hydrogens is 382 g/mol. The highest BCUT2D eigenvalue weighted by molar-refractivity contribution is 7.89. The molecule has 2 aromatic rings. The highest BCUT2D eigenvalue weighted by Gasteiger charge is 2.32. The van der Waals surface area contributed by atoms with E-state index < -0.39 is 10.0 Å². The first-order valence-corrected chi connectivity index (χ1v) is 11.0. The number of amides is 1. The fourth-order valence-corrected chi connectivity index (χ4v) is 5.41. The minimum Gasteiger partial charge on any atom is -0.351 e. The Morgan fingerprint density at radius 2 is 1.89 bits per heavy atom. The lowest BCUT2D eigenvalue weighted by Gasteiger charge is -2.30. The van der Waals surface area contributed by atoms with Crippen molar-refractivity contribution in [1.29, 1.82) is 5.26 Å². The average Bonchev–Trinajstić information content (AvgIpc) is 3.11. The summed E-state index contributed by atoms with van der Waals surface area (Å²) in [4.78, 5) is 14.9. The quantitative estimate of drug-likeness (QED) is 0.831. The van der Waals surface area contributed by atoms with Crippen molar-refractivity contribution in [1.82, 2.24) is 9.62 Å². The molecule has 0 aliphatic carbocycles. The number of carbonyl (C=O) groups is 1. The second-order valence-electron chi connectivity index (χ2n) is 6.54. The van der Waals surface area contributed by atoms with E-state index >= 15 is 0 Å². The Hall–Kier alpha value is -2.21. The van der Waals surface area contributed by atoms with Crippen molar-refractivity contribution in [2.24, 2.45) is 5.92 Å². The first-order chi connectivity index (χ1) is 12.9.